The molecule has 1 aromatic rings. The molecule has 6 heteroatoms. The Labute approximate surface area is 174 Å². The van der Waals surface area contributed by atoms with E-state index in [0.29, 0.717) is 31.7 Å². The first-order valence-corrected chi connectivity index (χ1v) is 10.8. The molecule has 29 heavy (non-hydrogen) atoms. The van der Waals surface area contributed by atoms with E-state index in [9.17, 15) is 9.59 Å². The molecule has 0 N–H and O–H groups in total. The second-order valence-electron chi connectivity index (χ2n) is 8.78. The van der Waals surface area contributed by atoms with Gasteiger partial charge in [-0.05, 0) is 24.3 Å². The average Bonchev–Trinajstić information content (AvgIpc) is 2.86. The van der Waals surface area contributed by atoms with E-state index in [1.165, 1.54) is 0 Å². The van der Waals surface area contributed by atoms with Crippen LogP contribution in [0.15, 0.2) is 30.3 Å². The molecular weight excluding hydrogens is 366 g/mol. The van der Waals surface area contributed by atoms with Crippen molar-refractivity contribution >= 4 is 11.8 Å². The minimum absolute atomic E-state index is 0.00811. The summed E-state index contributed by atoms with van der Waals surface area (Å²) >= 11 is 0. The Morgan fingerprint density at radius 3 is 2.45 bits per heavy atom. The van der Waals surface area contributed by atoms with Crippen LogP contribution in [0.1, 0.15) is 39.2 Å². The fraction of sp³-hybridized carbons (Fsp3) is 0.652. The largest absolute Gasteiger partial charge is 0.370 e. The van der Waals surface area contributed by atoms with Crippen molar-refractivity contribution in [1.29, 1.82) is 0 Å². The van der Waals surface area contributed by atoms with E-state index in [0.717, 1.165) is 44.6 Å². The molecule has 0 saturated carbocycles. The predicted octanol–water partition coefficient (Wildman–Crippen LogP) is 2.38. The number of carbonyl (C=O) groups is 2. The Hall–Kier alpha value is -1.92. The number of nitrogens with zero attached hydrogens (tertiary/aromatic N) is 3. The molecule has 1 aromatic carbocycles. The Kier molecular flexibility index (Phi) is 7.67. The summed E-state index contributed by atoms with van der Waals surface area (Å²) < 4.78 is 6.29. The van der Waals surface area contributed by atoms with Crippen molar-refractivity contribution in [3.8, 4) is 0 Å². The summed E-state index contributed by atoms with van der Waals surface area (Å²) in [6, 6.07) is 10.5. The second kappa shape index (κ2) is 10.2. The van der Waals surface area contributed by atoms with Crippen molar-refractivity contribution < 1.29 is 14.3 Å². The Morgan fingerprint density at radius 1 is 1.14 bits per heavy atom. The van der Waals surface area contributed by atoms with E-state index in [1.807, 2.05) is 28.0 Å². The standard InChI is InChI=1S/C23H35N3O3/c1-18(2)13-26-15-22(29-17-20-7-5-4-6-8-20)14-25(16-23(26)28)21-9-11-24(12-10-21)19(3)27/h4-8,18,21-22H,9-17H2,1-3H3. The fourth-order valence-electron chi connectivity index (χ4n) is 4.34. The minimum atomic E-state index is -0.00811. The molecule has 6 nitrogen and oxygen atoms in total. The molecule has 0 aliphatic carbocycles. The number of carbonyl (C=O) groups excluding carboxylic acids is 2. The van der Waals surface area contributed by atoms with Gasteiger partial charge in [-0.15, -0.1) is 0 Å². The van der Waals surface area contributed by atoms with Crippen molar-refractivity contribution in [1.82, 2.24) is 14.7 Å². The van der Waals surface area contributed by atoms with Crippen LogP contribution in [0.4, 0.5) is 0 Å². The van der Waals surface area contributed by atoms with E-state index in [-0.39, 0.29) is 17.9 Å². The van der Waals surface area contributed by atoms with Gasteiger partial charge in [-0.1, -0.05) is 44.2 Å². The zero-order chi connectivity index (χ0) is 20.8. The summed E-state index contributed by atoms with van der Waals surface area (Å²) in [5.41, 5.74) is 1.15. The molecule has 0 aromatic heterocycles. The molecule has 2 heterocycles. The first-order chi connectivity index (χ1) is 13.9. The quantitative estimate of drug-likeness (QED) is 0.734. The number of hydrogen-bond donors (Lipinski definition) is 0. The summed E-state index contributed by atoms with van der Waals surface area (Å²) in [6.45, 7) is 10.7. The van der Waals surface area contributed by atoms with Crippen LogP contribution >= 0.6 is 0 Å². The number of rotatable bonds is 6. The van der Waals surface area contributed by atoms with Gasteiger partial charge in [-0.3, -0.25) is 14.5 Å². The third-order valence-electron chi connectivity index (χ3n) is 5.89. The van der Waals surface area contributed by atoms with Gasteiger partial charge < -0.3 is 14.5 Å². The third kappa shape index (κ3) is 6.28. The summed E-state index contributed by atoms with van der Waals surface area (Å²) in [5, 5.41) is 0. The predicted molar refractivity (Wildman–Crippen MR) is 113 cm³/mol. The number of benzene rings is 1. The SMILES string of the molecule is CC(=O)N1CCC(N2CC(=O)N(CC(C)C)CC(OCc3ccccc3)C2)CC1. The lowest BCUT2D eigenvalue weighted by Crippen LogP contribution is -2.49. The van der Waals surface area contributed by atoms with E-state index in [1.54, 1.807) is 6.92 Å². The molecule has 2 amide bonds. The zero-order valence-corrected chi connectivity index (χ0v) is 18.0. The first kappa shape index (κ1) is 21.8. The zero-order valence-electron chi connectivity index (χ0n) is 18.0. The van der Waals surface area contributed by atoms with E-state index < -0.39 is 0 Å². The molecule has 160 valence electrons. The van der Waals surface area contributed by atoms with Gasteiger partial charge >= 0.3 is 0 Å². The highest BCUT2D eigenvalue weighted by Crippen LogP contribution is 2.21. The molecular formula is C23H35N3O3. The van der Waals surface area contributed by atoms with Crippen LogP contribution in [0.2, 0.25) is 0 Å². The van der Waals surface area contributed by atoms with Crippen LogP contribution < -0.4 is 0 Å². The highest BCUT2D eigenvalue weighted by atomic mass is 16.5. The van der Waals surface area contributed by atoms with Gasteiger partial charge in [-0.2, -0.15) is 0 Å². The molecule has 2 aliphatic rings. The summed E-state index contributed by atoms with van der Waals surface area (Å²) in [6.07, 6.45) is 1.83. The number of hydrogen-bond acceptors (Lipinski definition) is 4. The molecule has 2 aliphatic heterocycles. The van der Waals surface area contributed by atoms with Crippen molar-refractivity contribution in [2.24, 2.45) is 5.92 Å². The van der Waals surface area contributed by atoms with Crippen molar-refractivity contribution in [2.45, 2.75) is 52.4 Å². The normalized spacial score (nSPS) is 22.2. The monoisotopic (exact) mass is 401 g/mol. The van der Waals surface area contributed by atoms with Crippen LogP contribution in [-0.4, -0.2) is 77.9 Å². The maximum Gasteiger partial charge on any atom is 0.236 e. The number of amides is 2. The molecule has 0 spiro atoms. The highest BCUT2D eigenvalue weighted by molar-refractivity contribution is 5.78. The molecule has 2 saturated heterocycles. The number of likely N-dealkylation sites (tertiary alicyclic amines) is 1. The maximum atomic E-state index is 13.0. The van der Waals surface area contributed by atoms with Gasteiger partial charge in [0.1, 0.15) is 0 Å². The Bertz CT molecular complexity index is 671. The number of ether oxygens (including phenoxy) is 1. The van der Waals surface area contributed by atoms with E-state index >= 15 is 0 Å². The summed E-state index contributed by atoms with van der Waals surface area (Å²) in [4.78, 5) is 30.8. The molecule has 0 bridgehead atoms. The fourth-order valence-corrected chi connectivity index (χ4v) is 4.34. The lowest BCUT2D eigenvalue weighted by atomic mass is 10.0. The molecule has 3 rings (SSSR count). The van der Waals surface area contributed by atoms with Gasteiger partial charge in [0, 0.05) is 45.7 Å². The van der Waals surface area contributed by atoms with Gasteiger partial charge in [0.2, 0.25) is 11.8 Å². The van der Waals surface area contributed by atoms with E-state index in [4.69, 9.17) is 4.74 Å². The van der Waals surface area contributed by atoms with Crippen LogP contribution in [0.5, 0.6) is 0 Å². The molecule has 0 radical (unpaired) electrons. The summed E-state index contributed by atoms with van der Waals surface area (Å²) in [5.74, 6) is 0.764. The van der Waals surface area contributed by atoms with Crippen LogP contribution in [0, 0.1) is 5.92 Å². The molecule has 1 unspecified atom stereocenters. The summed E-state index contributed by atoms with van der Waals surface area (Å²) in [7, 11) is 0. The minimum Gasteiger partial charge on any atom is -0.370 e. The topological polar surface area (TPSA) is 53.1 Å². The van der Waals surface area contributed by atoms with Crippen molar-refractivity contribution in [2.75, 3.05) is 39.3 Å². The second-order valence-corrected chi connectivity index (χ2v) is 8.78. The van der Waals surface area contributed by atoms with Gasteiger partial charge in [0.25, 0.3) is 0 Å². The van der Waals surface area contributed by atoms with Gasteiger partial charge in [0.15, 0.2) is 0 Å². The Balaban J connectivity index is 1.66. The average molecular weight is 402 g/mol. The first-order valence-electron chi connectivity index (χ1n) is 10.8. The van der Waals surface area contributed by atoms with Gasteiger partial charge in [0.05, 0.1) is 19.3 Å². The third-order valence-corrected chi connectivity index (χ3v) is 5.89. The van der Waals surface area contributed by atoms with Crippen LogP contribution in [0.25, 0.3) is 0 Å². The lowest BCUT2D eigenvalue weighted by molar-refractivity contribution is -0.134. The maximum absolute atomic E-state index is 13.0. The lowest BCUT2D eigenvalue weighted by Gasteiger charge is -2.38. The van der Waals surface area contributed by atoms with Crippen LogP contribution in [-0.2, 0) is 20.9 Å². The molecule has 2 fully saturated rings. The smallest absolute Gasteiger partial charge is 0.236 e. The van der Waals surface area contributed by atoms with Crippen molar-refractivity contribution in [3.05, 3.63) is 35.9 Å². The van der Waals surface area contributed by atoms with E-state index in [2.05, 4.69) is 30.9 Å². The number of piperidine rings is 1. The van der Waals surface area contributed by atoms with Gasteiger partial charge in [-0.25, -0.2) is 0 Å². The molecule has 1 atom stereocenters. The Morgan fingerprint density at radius 2 is 1.83 bits per heavy atom. The van der Waals surface area contributed by atoms with Crippen molar-refractivity contribution in [3.63, 3.8) is 0 Å². The highest BCUT2D eigenvalue weighted by Gasteiger charge is 2.34. The van der Waals surface area contributed by atoms with Crippen LogP contribution in [0.3, 0.4) is 0 Å².